The Morgan fingerprint density at radius 2 is 2.29 bits per heavy atom. The highest BCUT2D eigenvalue weighted by Crippen LogP contribution is 2.33. The summed E-state index contributed by atoms with van der Waals surface area (Å²) in [6.45, 7) is 4.65. The highest BCUT2D eigenvalue weighted by molar-refractivity contribution is 9.11. The number of nitrogens with one attached hydrogen (secondary N) is 1. The Labute approximate surface area is 116 Å². The van der Waals surface area contributed by atoms with Crippen molar-refractivity contribution >= 4 is 27.3 Å². The van der Waals surface area contributed by atoms with E-state index in [2.05, 4.69) is 45.2 Å². The Morgan fingerprint density at radius 1 is 1.47 bits per heavy atom. The van der Waals surface area contributed by atoms with Gasteiger partial charge in [0.2, 0.25) is 0 Å². The van der Waals surface area contributed by atoms with Gasteiger partial charge in [0, 0.05) is 36.1 Å². The van der Waals surface area contributed by atoms with E-state index in [1.807, 2.05) is 11.3 Å². The lowest BCUT2D eigenvalue weighted by atomic mass is 10.2. The number of likely N-dealkylation sites (tertiary alicyclic amines) is 1. The first kappa shape index (κ1) is 12.2. The van der Waals surface area contributed by atoms with Gasteiger partial charge in [-0.1, -0.05) is 0 Å². The van der Waals surface area contributed by atoms with Gasteiger partial charge in [0.15, 0.2) is 0 Å². The maximum atomic E-state index is 3.70. The molecule has 0 radical (unpaired) electrons. The zero-order valence-electron chi connectivity index (χ0n) is 10.2. The topological polar surface area (TPSA) is 15.3 Å². The van der Waals surface area contributed by atoms with Crippen LogP contribution in [0.25, 0.3) is 0 Å². The predicted octanol–water partition coefficient (Wildman–Crippen LogP) is 3.23. The van der Waals surface area contributed by atoms with Crippen molar-refractivity contribution in [3.63, 3.8) is 0 Å². The van der Waals surface area contributed by atoms with Crippen LogP contribution in [-0.2, 0) is 6.54 Å². The third-order valence-electron chi connectivity index (χ3n) is 3.83. The van der Waals surface area contributed by atoms with Crippen molar-refractivity contribution in [2.24, 2.45) is 0 Å². The van der Waals surface area contributed by atoms with Gasteiger partial charge in [-0.2, -0.15) is 0 Å². The van der Waals surface area contributed by atoms with E-state index in [0.29, 0.717) is 6.04 Å². The maximum absolute atomic E-state index is 3.70. The molecule has 1 aromatic heterocycles. The van der Waals surface area contributed by atoms with Gasteiger partial charge in [-0.05, 0) is 54.2 Å². The van der Waals surface area contributed by atoms with E-state index in [1.54, 1.807) is 0 Å². The fourth-order valence-electron chi connectivity index (χ4n) is 2.81. The van der Waals surface area contributed by atoms with Crippen LogP contribution in [0.2, 0.25) is 0 Å². The second kappa shape index (κ2) is 5.00. The SMILES string of the molecule is CC1CC(NCc2ccc(Br)s2)CN1C1CC1. The molecule has 1 N–H and O–H groups in total. The number of hydrogen-bond acceptors (Lipinski definition) is 3. The molecule has 0 bridgehead atoms. The molecular formula is C13H19BrN2S. The third kappa shape index (κ3) is 2.92. The molecule has 2 heterocycles. The molecule has 2 fully saturated rings. The van der Waals surface area contributed by atoms with Gasteiger partial charge in [-0.3, -0.25) is 4.90 Å². The minimum atomic E-state index is 0.687. The molecule has 2 atom stereocenters. The van der Waals surface area contributed by atoms with Crippen LogP contribution in [-0.4, -0.2) is 29.6 Å². The molecule has 3 rings (SSSR count). The normalized spacial score (nSPS) is 30.0. The Balaban J connectivity index is 1.49. The van der Waals surface area contributed by atoms with E-state index in [4.69, 9.17) is 0 Å². The van der Waals surface area contributed by atoms with Gasteiger partial charge in [0.05, 0.1) is 3.79 Å². The van der Waals surface area contributed by atoms with Crippen molar-refractivity contribution in [1.82, 2.24) is 10.2 Å². The molecule has 1 aliphatic carbocycles. The second-order valence-electron chi connectivity index (χ2n) is 5.30. The minimum Gasteiger partial charge on any atom is -0.308 e. The lowest BCUT2D eigenvalue weighted by Gasteiger charge is -2.19. The first-order valence-corrected chi connectivity index (χ1v) is 8.06. The number of thiophene rings is 1. The predicted molar refractivity (Wildman–Crippen MR) is 76.5 cm³/mol. The third-order valence-corrected chi connectivity index (χ3v) is 5.46. The van der Waals surface area contributed by atoms with Crippen molar-refractivity contribution in [1.29, 1.82) is 0 Å². The van der Waals surface area contributed by atoms with Crippen molar-refractivity contribution in [3.05, 3.63) is 20.8 Å². The molecule has 1 aromatic rings. The zero-order chi connectivity index (χ0) is 11.8. The standard InChI is InChI=1S/C13H19BrN2S/c1-9-6-10(8-16(9)11-2-3-11)15-7-12-4-5-13(14)17-12/h4-5,9-11,15H,2-3,6-8H2,1H3. The van der Waals surface area contributed by atoms with Gasteiger partial charge in [0.1, 0.15) is 0 Å². The lowest BCUT2D eigenvalue weighted by Crippen LogP contribution is -2.33. The Hall–Kier alpha value is 0.1000. The van der Waals surface area contributed by atoms with Gasteiger partial charge in [-0.15, -0.1) is 11.3 Å². The molecule has 94 valence electrons. The summed E-state index contributed by atoms with van der Waals surface area (Å²) >= 11 is 5.35. The number of halogens is 1. The summed E-state index contributed by atoms with van der Waals surface area (Å²) in [5.74, 6) is 0. The van der Waals surface area contributed by atoms with Crippen molar-refractivity contribution in [2.75, 3.05) is 6.54 Å². The molecular weight excluding hydrogens is 296 g/mol. The van der Waals surface area contributed by atoms with Crippen LogP contribution in [0.4, 0.5) is 0 Å². The molecule has 1 aliphatic heterocycles. The van der Waals surface area contributed by atoms with Crippen molar-refractivity contribution < 1.29 is 0 Å². The molecule has 0 amide bonds. The first-order valence-electron chi connectivity index (χ1n) is 6.45. The average Bonchev–Trinajstić information content (AvgIpc) is 2.95. The fraction of sp³-hybridized carbons (Fsp3) is 0.692. The van der Waals surface area contributed by atoms with E-state index in [0.717, 1.165) is 18.6 Å². The molecule has 4 heteroatoms. The Bertz CT molecular complexity index is 389. The summed E-state index contributed by atoms with van der Waals surface area (Å²) in [6, 6.07) is 6.71. The summed E-state index contributed by atoms with van der Waals surface area (Å²) in [7, 11) is 0. The monoisotopic (exact) mass is 314 g/mol. The van der Waals surface area contributed by atoms with Gasteiger partial charge in [-0.25, -0.2) is 0 Å². The van der Waals surface area contributed by atoms with Gasteiger partial charge in [0.25, 0.3) is 0 Å². The molecule has 2 nitrogen and oxygen atoms in total. The molecule has 0 spiro atoms. The summed E-state index contributed by atoms with van der Waals surface area (Å²) in [4.78, 5) is 4.12. The van der Waals surface area contributed by atoms with E-state index in [9.17, 15) is 0 Å². The molecule has 2 unspecified atom stereocenters. The average molecular weight is 315 g/mol. The first-order chi connectivity index (χ1) is 8.22. The maximum Gasteiger partial charge on any atom is 0.0701 e. The number of rotatable bonds is 4. The summed E-state index contributed by atoms with van der Waals surface area (Å²) in [6.07, 6.45) is 4.16. The highest BCUT2D eigenvalue weighted by atomic mass is 79.9. The van der Waals surface area contributed by atoms with Crippen molar-refractivity contribution in [2.45, 2.75) is 50.9 Å². The van der Waals surface area contributed by atoms with Crippen LogP contribution >= 0.6 is 27.3 Å². The van der Waals surface area contributed by atoms with Crippen LogP contribution in [0, 0.1) is 0 Å². The van der Waals surface area contributed by atoms with Crippen molar-refractivity contribution in [3.8, 4) is 0 Å². The van der Waals surface area contributed by atoms with Crippen LogP contribution < -0.4 is 5.32 Å². The lowest BCUT2D eigenvalue weighted by molar-refractivity contribution is 0.255. The van der Waals surface area contributed by atoms with E-state index >= 15 is 0 Å². The van der Waals surface area contributed by atoms with E-state index in [1.165, 1.54) is 34.5 Å². The van der Waals surface area contributed by atoms with Crippen LogP contribution in [0.5, 0.6) is 0 Å². The fourth-order valence-corrected chi connectivity index (χ4v) is 4.24. The second-order valence-corrected chi connectivity index (χ2v) is 7.84. The summed E-state index contributed by atoms with van der Waals surface area (Å²) < 4.78 is 1.23. The molecule has 0 aromatic carbocycles. The van der Waals surface area contributed by atoms with E-state index in [-0.39, 0.29) is 0 Å². The quantitative estimate of drug-likeness (QED) is 0.918. The van der Waals surface area contributed by atoms with E-state index < -0.39 is 0 Å². The number of nitrogens with zero attached hydrogens (tertiary/aromatic N) is 1. The molecule has 1 saturated heterocycles. The zero-order valence-corrected chi connectivity index (χ0v) is 12.6. The van der Waals surface area contributed by atoms with Crippen LogP contribution in [0.15, 0.2) is 15.9 Å². The summed E-state index contributed by atoms with van der Waals surface area (Å²) in [5, 5.41) is 3.70. The summed E-state index contributed by atoms with van der Waals surface area (Å²) in [5.41, 5.74) is 0. The molecule has 2 aliphatic rings. The highest BCUT2D eigenvalue weighted by Gasteiger charge is 2.38. The molecule has 17 heavy (non-hydrogen) atoms. The largest absolute Gasteiger partial charge is 0.308 e. The Kier molecular flexibility index (Phi) is 3.57. The Morgan fingerprint density at radius 3 is 2.94 bits per heavy atom. The van der Waals surface area contributed by atoms with Crippen LogP contribution in [0.1, 0.15) is 31.1 Å². The smallest absolute Gasteiger partial charge is 0.0701 e. The van der Waals surface area contributed by atoms with Gasteiger partial charge < -0.3 is 5.32 Å². The minimum absolute atomic E-state index is 0.687. The van der Waals surface area contributed by atoms with Crippen LogP contribution in [0.3, 0.4) is 0 Å². The molecule has 1 saturated carbocycles. The van der Waals surface area contributed by atoms with Gasteiger partial charge >= 0.3 is 0 Å². The number of hydrogen-bond donors (Lipinski definition) is 1.